The summed E-state index contributed by atoms with van der Waals surface area (Å²) in [5, 5.41) is 7.59. The van der Waals surface area contributed by atoms with Gasteiger partial charge in [0.05, 0.1) is 16.8 Å². The van der Waals surface area contributed by atoms with Crippen LogP contribution in [0.15, 0.2) is 71.4 Å². The third kappa shape index (κ3) is 4.50. The minimum atomic E-state index is -0.315. The van der Waals surface area contributed by atoms with E-state index in [4.69, 9.17) is 4.98 Å². The van der Waals surface area contributed by atoms with Crippen molar-refractivity contribution in [1.29, 1.82) is 0 Å². The second-order valence-electron chi connectivity index (χ2n) is 8.13. The van der Waals surface area contributed by atoms with Gasteiger partial charge in [-0.05, 0) is 60.7 Å². The van der Waals surface area contributed by atoms with Crippen LogP contribution in [0, 0.1) is 5.82 Å². The van der Waals surface area contributed by atoms with Crippen molar-refractivity contribution in [2.24, 2.45) is 0 Å². The van der Waals surface area contributed by atoms with Gasteiger partial charge in [-0.25, -0.2) is 9.37 Å². The Labute approximate surface area is 194 Å². The molecular weight excluding hydrogens is 437 g/mol. The molecule has 7 heteroatoms. The first-order valence-electron chi connectivity index (χ1n) is 10.9. The van der Waals surface area contributed by atoms with Gasteiger partial charge >= 0.3 is 0 Å². The number of carbonyl (C=O) groups excluding carboxylic acids is 2. The molecule has 33 heavy (non-hydrogen) atoms. The van der Waals surface area contributed by atoms with Crippen molar-refractivity contribution in [2.75, 3.05) is 13.1 Å². The number of thiophene rings is 1. The first-order valence-corrected chi connectivity index (χ1v) is 11.8. The predicted molar refractivity (Wildman–Crippen MR) is 128 cm³/mol. The molecule has 2 amide bonds. The van der Waals surface area contributed by atoms with Gasteiger partial charge in [-0.1, -0.05) is 18.2 Å². The van der Waals surface area contributed by atoms with Crippen LogP contribution < -0.4 is 5.32 Å². The van der Waals surface area contributed by atoms with Gasteiger partial charge in [-0.15, -0.1) is 0 Å². The lowest BCUT2D eigenvalue weighted by molar-refractivity contribution is 0.0700. The van der Waals surface area contributed by atoms with Crippen LogP contribution in [0.1, 0.15) is 33.6 Å². The zero-order chi connectivity index (χ0) is 22.8. The molecule has 2 aromatic carbocycles. The smallest absolute Gasteiger partial charge is 0.254 e. The number of halogens is 1. The van der Waals surface area contributed by atoms with E-state index in [1.165, 1.54) is 23.5 Å². The molecule has 0 bridgehead atoms. The van der Waals surface area contributed by atoms with Crippen molar-refractivity contribution in [1.82, 2.24) is 15.2 Å². The summed E-state index contributed by atoms with van der Waals surface area (Å²) in [7, 11) is 0. The number of aromatic nitrogens is 1. The molecule has 1 aliphatic rings. The second kappa shape index (κ2) is 9.11. The van der Waals surface area contributed by atoms with Crippen LogP contribution in [-0.2, 0) is 0 Å². The number of rotatable bonds is 4. The van der Waals surface area contributed by atoms with Crippen molar-refractivity contribution in [3.05, 3.63) is 88.4 Å². The van der Waals surface area contributed by atoms with Gasteiger partial charge in [0.15, 0.2) is 0 Å². The van der Waals surface area contributed by atoms with Crippen LogP contribution in [-0.4, -0.2) is 40.8 Å². The zero-order valence-electron chi connectivity index (χ0n) is 17.8. The highest BCUT2D eigenvalue weighted by molar-refractivity contribution is 7.08. The zero-order valence-corrected chi connectivity index (χ0v) is 18.6. The molecule has 5 rings (SSSR count). The Kier molecular flexibility index (Phi) is 5.88. The number of hydrogen-bond acceptors (Lipinski definition) is 4. The summed E-state index contributed by atoms with van der Waals surface area (Å²) in [6.45, 7) is 1.13. The summed E-state index contributed by atoms with van der Waals surface area (Å²) in [6.07, 6.45) is 1.41. The predicted octanol–water partition coefficient (Wildman–Crippen LogP) is 5.14. The third-order valence-electron chi connectivity index (χ3n) is 5.99. The van der Waals surface area contributed by atoms with Gasteiger partial charge in [0.2, 0.25) is 0 Å². The Hall–Kier alpha value is -3.58. The van der Waals surface area contributed by atoms with E-state index in [1.54, 1.807) is 18.2 Å². The molecule has 3 heterocycles. The van der Waals surface area contributed by atoms with E-state index in [0.29, 0.717) is 42.8 Å². The van der Waals surface area contributed by atoms with Gasteiger partial charge < -0.3 is 10.2 Å². The largest absolute Gasteiger partial charge is 0.349 e. The topological polar surface area (TPSA) is 62.3 Å². The maximum absolute atomic E-state index is 13.5. The maximum Gasteiger partial charge on any atom is 0.254 e. The molecule has 2 aromatic heterocycles. The summed E-state index contributed by atoms with van der Waals surface area (Å²) < 4.78 is 13.4. The van der Waals surface area contributed by atoms with Crippen molar-refractivity contribution in [2.45, 2.75) is 18.9 Å². The number of nitrogens with one attached hydrogen (secondary N) is 1. The molecule has 0 spiro atoms. The summed E-state index contributed by atoms with van der Waals surface area (Å²) in [5.41, 5.74) is 3.37. The Bertz CT molecular complexity index is 1300. The normalized spacial score (nSPS) is 14.4. The first-order chi connectivity index (χ1) is 16.1. The molecule has 0 saturated carbocycles. The van der Waals surface area contributed by atoms with Gasteiger partial charge in [0.1, 0.15) is 5.82 Å². The highest BCUT2D eigenvalue weighted by Gasteiger charge is 2.26. The molecule has 1 saturated heterocycles. The van der Waals surface area contributed by atoms with Gasteiger partial charge in [-0.3, -0.25) is 9.59 Å². The van der Waals surface area contributed by atoms with E-state index in [2.05, 4.69) is 5.32 Å². The van der Waals surface area contributed by atoms with Crippen LogP contribution in [0.25, 0.3) is 22.2 Å². The van der Waals surface area contributed by atoms with E-state index in [1.807, 2.05) is 46.0 Å². The highest BCUT2D eigenvalue weighted by Crippen LogP contribution is 2.27. The average Bonchev–Trinajstić information content (AvgIpc) is 3.39. The van der Waals surface area contributed by atoms with Crippen LogP contribution in [0.3, 0.4) is 0 Å². The standard InChI is InChI=1S/C26H22FN3O2S/c27-19-7-5-17(6-8-19)24-15-22(21-3-1-2-4-23(21)29-24)26(32)30-12-9-20(10-13-30)28-25(31)18-11-14-33-16-18/h1-8,11,14-16,20H,9-10,12-13H2,(H,28,31). The Balaban J connectivity index is 1.36. The second-order valence-corrected chi connectivity index (χ2v) is 8.91. The fourth-order valence-corrected chi connectivity index (χ4v) is 4.82. The summed E-state index contributed by atoms with van der Waals surface area (Å²) >= 11 is 1.50. The lowest BCUT2D eigenvalue weighted by atomic mass is 10.0. The summed E-state index contributed by atoms with van der Waals surface area (Å²) in [6, 6.07) is 17.3. The number of benzene rings is 2. The number of amides is 2. The molecule has 4 aromatic rings. The van der Waals surface area contributed by atoms with Crippen LogP contribution in [0.2, 0.25) is 0 Å². The summed E-state index contributed by atoms with van der Waals surface area (Å²) in [5.74, 6) is -0.436. The molecule has 5 nitrogen and oxygen atoms in total. The molecule has 0 aliphatic carbocycles. The van der Waals surface area contributed by atoms with Gasteiger partial charge in [-0.2, -0.15) is 11.3 Å². The quantitative estimate of drug-likeness (QED) is 0.460. The fourth-order valence-electron chi connectivity index (χ4n) is 4.18. The molecule has 0 radical (unpaired) electrons. The van der Waals surface area contributed by atoms with Gasteiger partial charge in [0.25, 0.3) is 11.8 Å². The van der Waals surface area contributed by atoms with E-state index in [0.717, 1.165) is 16.5 Å². The Morgan fingerprint density at radius 3 is 2.52 bits per heavy atom. The van der Waals surface area contributed by atoms with Crippen molar-refractivity contribution in [3.63, 3.8) is 0 Å². The molecule has 1 fully saturated rings. The maximum atomic E-state index is 13.5. The minimum absolute atomic E-state index is 0.0467. The van der Waals surface area contributed by atoms with E-state index in [-0.39, 0.29) is 23.7 Å². The van der Waals surface area contributed by atoms with Crippen LogP contribution in [0.4, 0.5) is 4.39 Å². The number of pyridine rings is 1. The van der Waals surface area contributed by atoms with Crippen molar-refractivity contribution >= 4 is 34.1 Å². The number of hydrogen-bond donors (Lipinski definition) is 1. The molecular formula is C26H22FN3O2S. The van der Waals surface area contributed by atoms with Crippen LogP contribution in [0.5, 0.6) is 0 Å². The van der Waals surface area contributed by atoms with E-state index in [9.17, 15) is 14.0 Å². The number of fused-ring (bicyclic) bond motifs is 1. The SMILES string of the molecule is O=C(NC1CCN(C(=O)c2cc(-c3ccc(F)cc3)nc3ccccc23)CC1)c1ccsc1. The highest BCUT2D eigenvalue weighted by atomic mass is 32.1. The number of para-hydroxylation sites is 1. The monoisotopic (exact) mass is 459 g/mol. The molecule has 1 aliphatic heterocycles. The molecule has 166 valence electrons. The number of likely N-dealkylation sites (tertiary alicyclic amines) is 1. The van der Waals surface area contributed by atoms with Crippen LogP contribution >= 0.6 is 11.3 Å². The first kappa shape index (κ1) is 21.3. The van der Waals surface area contributed by atoms with Crippen molar-refractivity contribution < 1.29 is 14.0 Å². The van der Waals surface area contributed by atoms with Gasteiger partial charge in [0, 0.05) is 41.0 Å². The molecule has 0 unspecified atom stereocenters. The van der Waals surface area contributed by atoms with E-state index >= 15 is 0 Å². The number of piperidine rings is 1. The Morgan fingerprint density at radius 2 is 1.79 bits per heavy atom. The lowest BCUT2D eigenvalue weighted by Gasteiger charge is -2.32. The number of carbonyl (C=O) groups is 2. The third-order valence-corrected chi connectivity index (χ3v) is 6.67. The molecule has 1 N–H and O–H groups in total. The minimum Gasteiger partial charge on any atom is -0.349 e. The average molecular weight is 460 g/mol. The lowest BCUT2D eigenvalue weighted by Crippen LogP contribution is -2.46. The summed E-state index contributed by atoms with van der Waals surface area (Å²) in [4.78, 5) is 32.4. The number of nitrogens with zero attached hydrogens (tertiary/aromatic N) is 2. The van der Waals surface area contributed by atoms with E-state index < -0.39 is 0 Å². The fraction of sp³-hybridized carbons (Fsp3) is 0.192. The molecule has 0 atom stereocenters. The van der Waals surface area contributed by atoms with Crippen molar-refractivity contribution in [3.8, 4) is 11.3 Å². The Morgan fingerprint density at radius 1 is 1.03 bits per heavy atom.